The van der Waals surface area contributed by atoms with Crippen LogP contribution in [0.5, 0.6) is 5.75 Å². The number of rotatable bonds is 6. The number of nitrogens with one attached hydrogen (secondary N) is 1. The van der Waals surface area contributed by atoms with Crippen LogP contribution < -0.4 is 15.6 Å². The van der Waals surface area contributed by atoms with Crippen LogP contribution in [0, 0.1) is 17.8 Å². The SMILES string of the molecule is COc1ccc(C(F)(F)F)nc1-c1cn(CC(=O)N(C)C)c(=O)cc1C(=O)Nc1nnc(C#CC2CC2)s1. The van der Waals surface area contributed by atoms with Gasteiger partial charge in [0.25, 0.3) is 11.5 Å². The molecule has 1 aliphatic rings. The van der Waals surface area contributed by atoms with E-state index in [4.69, 9.17) is 4.74 Å². The minimum absolute atomic E-state index is 0.0789. The topological polar surface area (TPSA) is 119 Å². The van der Waals surface area contributed by atoms with Gasteiger partial charge >= 0.3 is 6.18 Å². The zero-order chi connectivity index (χ0) is 27.6. The fourth-order valence-electron chi connectivity index (χ4n) is 3.20. The van der Waals surface area contributed by atoms with Crippen LogP contribution in [0.25, 0.3) is 11.3 Å². The van der Waals surface area contributed by atoms with Crippen LogP contribution in [-0.4, -0.2) is 57.7 Å². The van der Waals surface area contributed by atoms with Gasteiger partial charge in [0.05, 0.1) is 12.7 Å². The molecule has 2 amide bonds. The second kappa shape index (κ2) is 10.6. The number of alkyl halides is 3. The van der Waals surface area contributed by atoms with Crippen LogP contribution in [-0.2, 0) is 17.5 Å². The Morgan fingerprint density at radius 1 is 1.26 bits per heavy atom. The average Bonchev–Trinajstić information content (AvgIpc) is 3.60. The van der Waals surface area contributed by atoms with Gasteiger partial charge in [-0.15, -0.1) is 10.2 Å². The van der Waals surface area contributed by atoms with Crippen LogP contribution >= 0.6 is 11.3 Å². The summed E-state index contributed by atoms with van der Waals surface area (Å²) in [7, 11) is 4.20. The molecule has 38 heavy (non-hydrogen) atoms. The first kappa shape index (κ1) is 26.8. The average molecular weight is 547 g/mol. The van der Waals surface area contributed by atoms with Crippen LogP contribution in [0.1, 0.15) is 33.9 Å². The molecule has 0 aliphatic heterocycles. The maximum absolute atomic E-state index is 13.5. The van der Waals surface area contributed by atoms with E-state index in [1.54, 1.807) is 0 Å². The quantitative estimate of drug-likeness (QED) is 0.472. The molecule has 3 aromatic heterocycles. The number of methoxy groups -OCH3 is 1. The van der Waals surface area contributed by atoms with Gasteiger partial charge in [-0.3, -0.25) is 19.7 Å². The number of carbonyl (C=O) groups is 2. The van der Waals surface area contributed by atoms with E-state index >= 15 is 0 Å². The summed E-state index contributed by atoms with van der Waals surface area (Å²) < 4.78 is 46.6. The lowest BCUT2D eigenvalue weighted by atomic mass is 10.0. The number of carbonyl (C=O) groups excluding carboxylic acids is 2. The molecular weight excluding hydrogens is 525 g/mol. The number of halogens is 3. The van der Waals surface area contributed by atoms with Gasteiger partial charge in [-0.2, -0.15) is 13.2 Å². The zero-order valence-corrected chi connectivity index (χ0v) is 21.2. The Kier molecular flexibility index (Phi) is 7.49. The first-order valence-electron chi connectivity index (χ1n) is 11.2. The maximum atomic E-state index is 13.5. The Morgan fingerprint density at radius 2 is 2.00 bits per heavy atom. The van der Waals surface area contributed by atoms with E-state index in [1.807, 2.05) is 0 Å². The van der Waals surface area contributed by atoms with E-state index in [-0.39, 0.29) is 27.7 Å². The summed E-state index contributed by atoms with van der Waals surface area (Å²) in [6, 6.07) is 2.71. The van der Waals surface area contributed by atoms with Crippen molar-refractivity contribution in [3.05, 3.63) is 51.0 Å². The van der Waals surface area contributed by atoms with E-state index in [0.29, 0.717) is 10.9 Å². The molecule has 1 aliphatic carbocycles. The van der Waals surface area contributed by atoms with Gasteiger partial charge in [0.15, 0.2) is 5.01 Å². The molecule has 0 unspecified atom stereocenters. The number of hydrogen-bond donors (Lipinski definition) is 1. The summed E-state index contributed by atoms with van der Waals surface area (Å²) in [5.41, 5.74) is -2.76. The molecule has 4 rings (SSSR count). The highest BCUT2D eigenvalue weighted by Crippen LogP contribution is 2.35. The molecule has 1 saturated carbocycles. The molecule has 0 aromatic carbocycles. The van der Waals surface area contributed by atoms with E-state index < -0.39 is 35.8 Å². The Labute approximate surface area is 218 Å². The summed E-state index contributed by atoms with van der Waals surface area (Å²) in [5, 5.41) is 10.7. The second-order valence-electron chi connectivity index (χ2n) is 8.51. The number of nitrogens with zero attached hydrogens (tertiary/aromatic N) is 5. The smallest absolute Gasteiger partial charge is 0.433 e. The van der Waals surface area contributed by atoms with Gasteiger partial charge in [0.1, 0.15) is 23.7 Å². The molecule has 3 aromatic rings. The van der Waals surface area contributed by atoms with E-state index in [1.165, 1.54) is 26.1 Å². The number of aromatic nitrogens is 4. The van der Waals surface area contributed by atoms with E-state index in [9.17, 15) is 27.6 Å². The lowest BCUT2D eigenvalue weighted by Crippen LogP contribution is -2.32. The summed E-state index contributed by atoms with van der Waals surface area (Å²) in [6.45, 7) is -0.415. The van der Waals surface area contributed by atoms with E-state index in [0.717, 1.165) is 53.1 Å². The fourth-order valence-corrected chi connectivity index (χ4v) is 3.80. The standard InChI is InChI=1S/C24H21F3N6O4S/c1-32(2)20(35)12-33-11-15(21-16(37-3)7-8-17(28-21)24(25,26)27)14(10-19(33)34)22(36)29-23-31-30-18(38-23)9-6-13-4-5-13/h7-8,10-11,13H,4-5,12H2,1-3H3,(H,29,31,36). The van der Waals surface area contributed by atoms with Crippen molar-refractivity contribution in [1.82, 2.24) is 24.6 Å². The van der Waals surface area contributed by atoms with Crippen LogP contribution in [0.3, 0.4) is 0 Å². The van der Waals surface area contributed by atoms with Crippen LogP contribution in [0.2, 0.25) is 0 Å². The molecule has 0 saturated heterocycles. The number of hydrogen-bond acceptors (Lipinski definition) is 8. The molecule has 10 nitrogen and oxygen atoms in total. The van der Waals surface area contributed by atoms with Crippen molar-refractivity contribution in [2.45, 2.75) is 25.6 Å². The molecular formula is C24H21F3N6O4S. The minimum Gasteiger partial charge on any atom is -0.494 e. The third kappa shape index (κ3) is 6.17. The molecule has 14 heteroatoms. The Bertz CT molecular complexity index is 1520. The van der Waals surface area contributed by atoms with Crippen molar-refractivity contribution in [2.24, 2.45) is 5.92 Å². The molecule has 0 spiro atoms. The molecule has 0 radical (unpaired) electrons. The number of pyridine rings is 2. The van der Waals surface area contributed by atoms with E-state index in [2.05, 4.69) is 32.3 Å². The van der Waals surface area contributed by atoms with Crippen molar-refractivity contribution >= 4 is 28.3 Å². The molecule has 0 bridgehead atoms. The van der Waals surface area contributed by atoms with Gasteiger partial charge in [0, 0.05) is 37.8 Å². The summed E-state index contributed by atoms with van der Waals surface area (Å²) in [6.07, 6.45) is -1.63. The van der Waals surface area contributed by atoms with Crippen LogP contribution in [0.15, 0.2) is 29.2 Å². The largest absolute Gasteiger partial charge is 0.494 e. The third-order valence-corrected chi connectivity index (χ3v) is 6.16. The monoisotopic (exact) mass is 546 g/mol. The molecule has 3 heterocycles. The van der Waals surface area contributed by atoms with Crippen LogP contribution in [0.4, 0.5) is 18.3 Å². The molecule has 0 atom stereocenters. The highest BCUT2D eigenvalue weighted by molar-refractivity contribution is 7.15. The predicted octanol–water partition coefficient (Wildman–Crippen LogP) is 2.89. The third-order valence-electron chi connectivity index (χ3n) is 5.40. The van der Waals surface area contributed by atoms with Gasteiger partial charge in [-0.1, -0.05) is 17.3 Å². The highest BCUT2D eigenvalue weighted by Gasteiger charge is 2.34. The Hall–Kier alpha value is -4.25. The highest BCUT2D eigenvalue weighted by atomic mass is 32.1. The van der Waals surface area contributed by atoms with Crippen molar-refractivity contribution in [1.29, 1.82) is 0 Å². The molecule has 1 N–H and O–H groups in total. The van der Waals surface area contributed by atoms with Gasteiger partial charge in [0.2, 0.25) is 11.0 Å². The van der Waals surface area contributed by atoms with Crippen molar-refractivity contribution in [3.63, 3.8) is 0 Å². The van der Waals surface area contributed by atoms with Gasteiger partial charge in [-0.25, -0.2) is 4.98 Å². The second-order valence-corrected chi connectivity index (χ2v) is 9.49. The fraction of sp³-hybridized carbons (Fsp3) is 0.333. The predicted molar refractivity (Wildman–Crippen MR) is 132 cm³/mol. The normalized spacial score (nSPS) is 12.9. The van der Waals surface area contributed by atoms with Crippen molar-refractivity contribution in [2.75, 3.05) is 26.5 Å². The number of amides is 2. The summed E-state index contributed by atoms with van der Waals surface area (Å²) >= 11 is 1.01. The number of ether oxygens (including phenoxy) is 1. The van der Waals surface area contributed by atoms with Gasteiger partial charge in [-0.05, 0) is 30.9 Å². The van der Waals surface area contributed by atoms with Gasteiger partial charge < -0.3 is 14.2 Å². The van der Waals surface area contributed by atoms with Crippen molar-refractivity contribution < 1.29 is 27.5 Å². The first-order chi connectivity index (χ1) is 18.0. The molecule has 1 fully saturated rings. The minimum atomic E-state index is -4.79. The first-order valence-corrected chi connectivity index (χ1v) is 12.0. The maximum Gasteiger partial charge on any atom is 0.433 e. The number of anilines is 1. The Balaban J connectivity index is 1.79. The zero-order valence-electron chi connectivity index (χ0n) is 20.4. The lowest BCUT2D eigenvalue weighted by molar-refractivity contribution is -0.141. The molecule has 198 valence electrons. The Morgan fingerprint density at radius 3 is 2.63 bits per heavy atom. The summed E-state index contributed by atoms with van der Waals surface area (Å²) in [5.74, 6) is 4.86. The van der Waals surface area contributed by atoms with Crippen molar-refractivity contribution in [3.8, 4) is 28.8 Å². The number of likely N-dealkylation sites (N-methyl/N-ethyl adjacent to an activating group) is 1. The lowest BCUT2D eigenvalue weighted by Gasteiger charge is -2.17. The summed E-state index contributed by atoms with van der Waals surface area (Å²) in [4.78, 5) is 43.2.